The lowest BCUT2D eigenvalue weighted by Crippen LogP contribution is -2.29. The fourth-order valence-corrected chi connectivity index (χ4v) is 3.28. The van der Waals surface area contributed by atoms with Gasteiger partial charge in [0.15, 0.2) is 0 Å². The van der Waals surface area contributed by atoms with Crippen molar-refractivity contribution in [3.05, 3.63) is 72.7 Å². The van der Waals surface area contributed by atoms with Gasteiger partial charge in [-0.1, -0.05) is 48.7 Å². The average Bonchev–Trinajstić information content (AvgIpc) is 2.71. The number of fused-ring (bicyclic) bond motifs is 1. The van der Waals surface area contributed by atoms with E-state index in [1.165, 1.54) is 23.0 Å². The van der Waals surface area contributed by atoms with Crippen LogP contribution in [0, 0.1) is 22.5 Å². The van der Waals surface area contributed by atoms with Crippen LogP contribution in [0.5, 0.6) is 5.75 Å². The minimum Gasteiger partial charge on any atom is -0.473 e. The zero-order valence-electron chi connectivity index (χ0n) is 17.1. The van der Waals surface area contributed by atoms with E-state index < -0.39 is 10.3 Å². The van der Waals surface area contributed by atoms with Crippen LogP contribution in [0.4, 0.5) is 5.69 Å². The predicted octanol–water partition coefficient (Wildman–Crippen LogP) is 4.26. The maximum absolute atomic E-state index is 13.2. The van der Waals surface area contributed by atoms with Crippen molar-refractivity contribution in [2.75, 3.05) is 6.61 Å². The van der Waals surface area contributed by atoms with E-state index in [-0.39, 0.29) is 23.6 Å². The van der Waals surface area contributed by atoms with Crippen molar-refractivity contribution in [2.45, 2.75) is 26.2 Å². The summed E-state index contributed by atoms with van der Waals surface area (Å²) in [5, 5.41) is 16.1. The first kappa shape index (κ1) is 22.2. The smallest absolute Gasteiger partial charge is 0.311 e. The molecule has 0 N–H and O–H groups in total. The molecule has 0 amide bonds. The highest BCUT2D eigenvalue weighted by Crippen LogP contribution is 2.30. The first-order chi connectivity index (χ1) is 14.6. The average molecular weight is 483 g/mol. The number of nitrogens with zero attached hydrogens (tertiary/aromatic N) is 4. The number of para-hydroxylation sites is 1. The second-order valence-electron chi connectivity index (χ2n) is 7.65. The Morgan fingerprint density at radius 2 is 2.10 bits per heavy atom. The molecule has 8 nitrogen and oxygen atoms in total. The van der Waals surface area contributed by atoms with Crippen LogP contribution < -0.4 is 10.3 Å². The molecule has 158 valence electrons. The molecule has 3 rings (SSSR count). The Hall–Kier alpha value is -3.51. The van der Waals surface area contributed by atoms with E-state index in [0.717, 1.165) is 4.47 Å². The molecule has 3 aromatic rings. The lowest BCUT2D eigenvalue weighted by atomic mass is 9.95. The number of benzene rings is 2. The van der Waals surface area contributed by atoms with Crippen LogP contribution in [0.3, 0.4) is 0 Å². The number of rotatable bonds is 5. The summed E-state index contributed by atoms with van der Waals surface area (Å²) in [6.45, 7) is 5.60. The predicted molar refractivity (Wildman–Crippen MR) is 123 cm³/mol. The molecule has 0 fully saturated rings. The third kappa shape index (κ3) is 4.64. The van der Waals surface area contributed by atoms with Gasteiger partial charge in [0.1, 0.15) is 12.4 Å². The van der Waals surface area contributed by atoms with Crippen LogP contribution in [0.25, 0.3) is 10.9 Å². The molecule has 0 unspecified atom stereocenters. The van der Waals surface area contributed by atoms with Gasteiger partial charge in [-0.15, -0.1) is 6.42 Å². The first-order valence-corrected chi connectivity index (χ1v) is 10.0. The summed E-state index contributed by atoms with van der Waals surface area (Å²) >= 11 is 3.37. The molecule has 0 radical (unpaired) electrons. The summed E-state index contributed by atoms with van der Waals surface area (Å²) in [7, 11) is 0. The van der Waals surface area contributed by atoms with E-state index in [9.17, 15) is 14.9 Å². The van der Waals surface area contributed by atoms with Crippen LogP contribution in [0.2, 0.25) is 0 Å². The standard InChI is InChI=1S/C22H19BrN4O4/c1-5-11-31-19-14(7-6-8-18(19)27(29)30)13-24-26-20(28)16-12-15(23)9-10-17(16)25-21(26)22(2,3)4/h1,6-10,12-13H,11H2,2-4H3. The normalized spacial score (nSPS) is 11.6. The molecule has 2 aromatic carbocycles. The van der Waals surface area contributed by atoms with Crippen LogP contribution in [-0.4, -0.2) is 27.4 Å². The summed E-state index contributed by atoms with van der Waals surface area (Å²) in [6, 6.07) is 9.66. The summed E-state index contributed by atoms with van der Waals surface area (Å²) in [4.78, 5) is 28.7. The molecule has 31 heavy (non-hydrogen) atoms. The maximum Gasteiger partial charge on any atom is 0.311 e. The third-order valence-electron chi connectivity index (χ3n) is 4.31. The Kier molecular flexibility index (Phi) is 6.22. The van der Waals surface area contributed by atoms with Gasteiger partial charge in [0.25, 0.3) is 5.56 Å². The van der Waals surface area contributed by atoms with E-state index in [4.69, 9.17) is 11.2 Å². The maximum atomic E-state index is 13.2. The fraction of sp³-hybridized carbons (Fsp3) is 0.227. The zero-order chi connectivity index (χ0) is 22.8. The lowest BCUT2D eigenvalue weighted by Gasteiger charge is -2.21. The highest BCUT2D eigenvalue weighted by Gasteiger charge is 2.23. The van der Waals surface area contributed by atoms with E-state index in [0.29, 0.717) is 22.3 Å². The van der Waals surface area contributed by atoms with Gasteiger partial charge in [0.05, 0.1) is 22.0 Å². The van der Waals surface area contributed by atoms with Crippen molar-refractivity contribution in [3.63, 3.8) is 0 Å². The van der Waals surface area contributed by atoms with E-state index in [1.807, 2.05) is 26.8 Å². The quantitative estimate of drug-likeness (QED) is 0.234. The highest BCUT2D eigenvalue weighted by atomic mass is 79.9. The molecule has 0 aliphatic rings. The van der Waals surface area contributed by atoms with Gasteiger partial charge in [-0.3, -0.25) is 14.9 Å². The number of hydrogen-bond acceptors (Lipinski definition) is 6. The van der Waals surface area contributed by atoms with E-state index >= 15 is 0 Å². The molecule has 0 bridgehead atoms. The Labute approximate surface area is 186 Å². The Morgan fingerprint density at radius 1 is 1.35 bits per heavy atom. The van der Waals surface area contributed by atoms with Gasteiger partial charge in [-0.2, -0.15) is 9.78 Å². The monoisotopic (exact) mass is 482 g/mol. The van der Waals surface area contributed by atoms with E-state index in [2.05, 4.69) is 31.9 Å². The first-order valence-electron chi connectivity index (χ1n) is 9.24. The molecule has 9 heteroatoms. The van der Waals surface area contributed by atoms with Crippen molar-refractivity contribution in [3.8, 4) is 18.1 Å². The summed E-state index contributed by atoms with van der Waals surface area (Å²) in [5.41, 5.74) is -0.237. The van der Waals surface area contributed by atoms with Crippen LogP contribution >= 0.6 is 15.9 Å². The molecule has 0 saturated carbocycles. The van der Waals surface area contributed by atoms with Crippen molar-refractivity contribution < 1.29 is 9.66 Å². The molecular weight excluding hydrogens is 464 g/mol. The molecule has 0 aliphatic carbocycles. The lowest BCUT2D eigenvalue weighted by molar-refractivity contribution is -0.385. The zero-order valence-corrected chi connectivity index (χ0v) is 18.7. The number of hydrogen-bond donors (Lipinski definition) is 0. The number of nitro groups is 1. The minimum absolute atomic E-state index is 0.0175. The number of ether oxygens (including phenoxy) is 1. The molecule has 1 aromatic heterocycles. The van der Waals surface area contributed by atoms with Crippen molar-refractivity contribution in [1.29, 1.82) is 0 Å². The molecular formula is C22H19BrN4O4. The van der Waals surface area contributed by atoms with Crippen LogP contribution in [-0.2, 0) is 5.41 Å². The number of terminal acetylenes is 1. The van der Waals surface area contributed by atoms with Crippen molar-refractivity contribution in [1.82, 2.24) is 9.66 Å². The minimum atomic E-state index is -0.564. The number of halogens is 1. The second-order valence-corrected chi connectivity index (χ2v) is 8.57. The number of aromatic nitrogens is 2. The third-order valence-corrected chi connectivity index (χ3v) is 4.81. The Balaban J connectivity index is 2.23. The fourth-order valence-electron chi connectivity index (χ4n) is 2.92. The Bertz CT molecular complexity index is 1300. The van der Waals surface area contributed by atoms with Gasteiger partial charge >= 0.3 is 5.69 Å². The van der Waals surface area contributed by atoms with Gasteiger partial charge in [-0.05, 0) is 24.3 Å². The SMILES string of the molecule is C#CCOc1c(C=Nn2c(C(C)(C)C)nc3ccc(Br)cc3c2=O)cccc1[N+](=O)[O-]. The summed E-state index contributed by atoms with van der Waals surface area (Å²) in [6.07, 6.45) is 6.57. The van der Waals surface area contributed by atoms with Crippen molar-refractivity contribution in [2.24, 2.45) is 5.10 Å². The van der Waals surface area contributed by atoms with Gasteiger partial charge < -0.3 is 4.74 Å². The molecule has 0 aliphatic heterocycles. The van der Waals surface area contributed by atoms with E-state index in [1.54, 1.807) is 18.2 Å². The highest BCUT2D eigenvalue weighted by molar-refractivity contribution is 9.10. The Morgan fingerprint density at radius 3 is 2.74 bits per heavy atom. The summed E-state index contributed by atoms with van der Waals surface area (Å²) < 4.78 is 7.35. The van der Waals surface area contributed by atoms with Gasteiger partial charge in [-0.25, -0.2) is 4.98 Å². The van der Waals surface area contributed by atoms with Crippen molar-refractivity contribution >= 4 is 38.7 Å². The van der Waals surface area contributed by atoms with Crippen LogP contribution in [0.15, 0.2) is 50.8 Å². The molecule has 0 saturated heterocycles. The molecule has 0 spiro atoms. The topological polar surface area (TPSA) is 99.6 Å². The second kappa shape index (κ2) is 8.70. The summed E-state index contributed by atoms with van der Waals surface area (Å²) in [5.74, 6) is 2.71. The van der Waals surface area contributed by atoms with Gasteiger partial charge in [0, 0.05) is 21.5 Å². The molecule has 1 heterocycles. The largest absolute Gasteiger partial charge is 0.473 e. The molecule has 0 atom stereocenters. The number of nitro benzene ring substituents is 1. The van der Waals surface area contributed by atoms with Crippen LogP contribution in [0.1, 0.15) is 32.2 Å². The van der Waals surface area contributed by atoms with Gasteiger partial charge in [0.2, 0.25) is 5.75 Å².